The van der Waals surface area contributed by atoms with Gasteiger partial charge in [0.2, 0.25) is 0 Å². The second-order valence-electron chi connectivity index (χ2n) is 5.86. The van der Waals surface area contributed by atoms with Gasteiger partial charge in [0.15, 0.2) is 0 Å². The van der Waals surface area contributed by atoms with Crippen LogP contribution in [0.2, 0.25) is 0 Å². The van der Waals surface area contributed by atoms with Gasteiger partial charge in [0, 0.05) is 16.6 Å². The van der Waals surface area contributed by atoms with Crippen molar-refractivity contribution in [2.45, 2.75) is 50.9 Å². The first-order valence-corrected chi connectivity index (χ1v) is 8.12. The fraction of sp³-hybridized carbons (Fsp3) is 0.625. The Labute approximate surface area is 129 Å². The third-order valence-electron chi connectivity index (χ3n) is 3.90. The van der Waals surface area contributed by atoms with E-state index in [-0.39, 0.29) is 11.6 Å². The zero-order valence-electron chi connectivity index (χ0n) is 12.2. The van der Waals surface area contributed by atoms with E-state index in [0.717, 1.165) is 17.3 Å². The molecule has 1 unspecified atom stereocenters. The molecule has 4 heteroatoms. The quantitative estimate of drug-likeness (QED) is 0.800. The van der Waals surface area contributed by atoms with E-state index >= 15 is 0 Å². The molecule has 0 heterocycles. The fourth-order valence-electron chi connectivity index (χ4n) is 2.54. The van der Waals surface area contributed by atoms with Crippen molar-refractivity contribution in [3.05, 3.63) is 34.3 Å². The molecule has 1 aliphatic carbocycles. The molecule has 0 bridgehead atoms. The lowest BCUT2D eigenvalue weighted by Gasteiger charge is -2.44. The Morgan fingerprint density at radius 2 is 1.95 bits per heavy atom. The summed E-state index contributed by atoms with van der Waals surface area (Å²) in [5, 5.41) is 13.5. The first-order valence-electron chi connectivity index (χ1n) is 7.32. The maximum atomic E-state index is 9.98. The smallest absolute Gasteiger partial charge is 0.0898 e. The number of hydrogen-bond donors (Lipinski definition) is 2. The molecule has 0 aromatic heterocycles. The fourth-order valence-corrected chi connectivity index (χ4v) is 2.81. The average Bonchev–Trinajstić information content (AvgIpc) is 2.37. The molecule has 1 aromatic carbocycles. The normalized spacial score (nSPS) is 18.9. The Balaban J connectivity index is 1.90. The van der Waals surface area contributed by atoms with Gasteiger partial charge in [-0.2, -0.15) is 0 Å². The minimum Gasteiger partial charge on any atom is -0.389 e. The van der Waals surface area contributed by atoms with E-state index in [1.165, 1.54) is 12.0 Å². The summed E-state index contributed by atoms with van der Waals surface area (Å²) in [4.78, 5) is 0. The maximum Gasteiger partial charge on any atom is 0.0898 e. The molecule has 112 valence electrons. The van der Waals surface area contributed by atoms with Gasteiger partial charge in [-0.25, -0.2) is 0 Å². The lowest BCUT2D eigenvalue weighted by molar-refractivity contribution is 0.000152. The highest BCUT2D eigenvalue weighted by molar-refractivity contribution is 9.10. The summed E-state index contributed by atoms with van der Waals surface area (Å²) in [6, 6.07) is 8.48. The second kappa shape index (κ2) is 7.03. The van der Waals surface area contributed by atoms with Crippen molar-refractivity contribution in [2.75, 3.05) is 13.2 Å². The van der Waals surface area contributed by atoms with E-state index in [0.29, 0.717) is 13.2 Å². The average molecular weight is 342 g/mol. The Morgan fingerprint density at radius 1 is 1.30 bits per heavy atom. The van der Waals surface area contributed by atoms with Crippen LogP contribution in [0.5, 0.6) is 0 Å². The maximum absolute atomic E-state index is 9.98. The molecule has 2 N–H and O–H groups in total. The van der Waals surface area contributed by atoms with Crippen LogP contribution in [0.4, 0.5) is 0 Å². The van der Waals surface area contributed by atoms with Crippen LogP contribution in [-0.4, -0.2) is 30.5 Å². The molecular formula is C16H24BrNO2. The van der Waals surface area contributed by atoms with E-state index in [1.807, 2.05) is 13.8 Å². The SMILES string of the molecule is CC(C)OCC(O)CNC1(c2ccc(Br)cc2)CCC1. The number of hydrogen-bond acceptors (Lipinski definition) is 3. The Hall–Kier alpha value is -0.420. The monoisotopic (exact) mass is 341 g/mol. The second-order valence-corrected chi connectivity index (χ2v) is 6.78. The highest BCUT2D eigenvalue weighted by Crippen LogP contribution is 2.41. The Bertz CT molecular complexity index is 415. The van der Waals surface area contributed by atoms with Crippen molar-refractivity contribution < 1.29 is 9.84 Å². The molecule has 0 aliphatic heterocycles. The van der Waals surface area contributed by atoms with Crippen LogP contribution in [0.3, 0.4) is 0 Å². The zero-order valence-corrected chi connectivity index (χ0v) is 13.8. The van der Waals surface area contributed by atoms with Gasteiger partial charge in [-0.05, 0) is 50.8 Å². The Morgan fingerprint density at radius 3 is 2.45 bits per heavy atom. The van der Waals surface area contributed by atoms with Crippen molar-refractivity contribution in [3.8, 4) is 0 Å². The minimum absolute atomic E-state index is 0.0412. The van der Waals surface area contributed by atoms with E-state index in [9.17, 15) is 5.11 Å². The minimum atomic E-state index is -0.453. The van der Waals surface area contributed by atoms with E-state index in [1.54, 1.807) is 0 Å². The number of ether oxygens (including phenoxy) is 1. The summed E-state index contributed by atoms with van der Waals surface area (Å²) in [7, 11) is 0. The molecule has 2 rings (SSSR count). The summed E-state index contributed by atoms with van der Waals surface area (Å²) in [6.45, 7) is 4.93. The van der Waals surface area contributed by atoms with Crippen LogP contribution in [0.25, 0.3) is 0 Å². The molecular weight excluding hydrogens is 318 g/mol. The molecule has 0 saturated heterocycles. The number of nitrogens with one attached hydrogen (secondary N) is 1. The lowest BCUT2D eigenvalue weighted by Crippen LogP contribution is -2.51. The molecule has 0 amide bonds. The molecule has 0 radical (unpaired) electrons. The number of halogens is 1. The van der Waals surface area contributed by atoms with Crippen LogP contribution in [0.1, 0.15) is 38.7 Å². The van der Waals surface area contributed by atoms with Crippen LogP contribution >= 0.6 is 15.9 Å². The first-order chi connectivity index (χ1) is 9.52. The number of rotatable bonds is 7. The topological polar surface area (TPSA) is 41.5 Å². The van der Waals surface area contributed by atoms with E-state index in [4.69, 9.17) is 4.74 Å². The van der Waals surface area contributed by atoms with Gasteiger partial charge in [0.05, 0.1) is 18.8 Å². The first kappa shape index (κ1) is 16.0. The van der Waals surface area contributed by atoms with Crippen LogP contribution in [0.15, 0.2) is 28.7 Å². The molecule has 1 saturated carbocycles. The predicted octanol–water partition coefficient (Wildman–Crippen LogP) is 3.20. The van der Waals surface area contributed by atoms with Gasteiger partial charge in [-0.1, -0.05) is 28.1 Å². The van der Waals surface area contributed by atoms with Gasteiger partial charge in [-0.3, -0.25) is 0 Å². The molecule has 1 aromatic rings. The summed E-state index contributed by atoms with van der Waals surface area (Å²) in [5.41, 5.74) is 1.35. The molecule has 1 aliphatic rings. The molecule has 0 spiro atoms. The van der Waals surface area contributed by atoms with Crippen LogP contribution in [-0.2, 0) is 10.3 Å². The van der Waals surface area contributed by atoms with Gasteiger partial charge in [0.1, 0.15) is 0 Å². The van der Waals surface area contributed by atoms with Gasteiger partial charge in [-0.15, -0.1) is 0 Å². The summed E-state index contributed by atoms with van der Waals surface area (Å²) >= 11 is 3.47. The van der Waals surface area contributed by atoms with Gasteiger partial charge < -0.3 is 15.2 Å². The largest absolute Gasteiger partial charge is 0.389 e. The molecule has 20 heavy (non-hydrogen) atoms. The summed E-state index contributed by atoms with van der Waals surface area (Å²) in [6.07, 6.45) is 3.21. The highest BCUT2D eigenvalue weighted by atomic mass is 79.9. The van der Waals surface area contributed by atoms with Crippen molar-refractivity contribution >= 4 is 15.9 Å². The molecule has 1 fully saturated rings. The van der Waals surface area contributed by atoms with Crippen LogP contribution < -0.4 is 5.32 Å². The summed E-state index contributed by atoms with van der Waals surface area (Å²) < 4.78 is 6.54. The third kappa shape index (κ3) is 4.04. The standard InChI is InChI=1S/C16H24BrNO2/c1-12(2)20-11-15(19)10-18-16(8-3-9-16)13-4-6-14(17)7-5-13/h4-7,12,15,18-19H,3,8-11H2,1-2H3. The number of aliphatic hydroxyl groups excluding tert-OH is 1. The van der Waals surface area contributed by atoms with Crippen molar-refractivity contribution in [1.82, 2.24) is 5.32 Å². The van der Waals surface area contributed by atoms with E-state index < -0.39 is 6.10 Å². The predicted molar refractivity (Wildman–Crippen MR) is 84.8 cm³/mol. The van der Waals surface area contributed by atoms with Crippen molar-refractivity contribution in [1.29, 1.82) is 0 Å². The number of aliphatic hydroxyl groups is 1. The highest BCUT2D eigenvalue weighted by Gasteiger charge is 2.38. The molecule has 1 atom stereocenters. The van der Waals surface area contributed by atoms with Crippen molar-refractivity contribution in [3.63, 3.8) is 0 Å². The Kier molecular flexibility index (Phi) is 5.61. The lowest BCUT2D eigenvalue weighted by atomic mass is 9.72. The van der Waals surface area contributed by atoms with Crippen LogP contribution in [0, 0.1) is 0 Å². The molecule has 3 nitrogen and oxygen atoms in total. The summed E-state index contributed by atoms with van der Waals surface area (Å²) in [5.74, 6) is 0. The van der Waals surface area contributed by atoms with Crippen molar-refractivity contribution in [2.24, 2.45) is 0 Å². The zero-order chi connectivity index (χ0) is 14.6. The third-order valence-corrected chi connectivity index (χ3v) is 4.43. The number of benzene rings is 1. The van der Waals surface area contributed by atoms with Gasteiger partial charge in [0.25, 0.3) is 0 Å². The van der Waals surface area contributed by atoms with E-state index in [2.05, 4.69) is 45.5 Å². The van der Waals surface area contributed by atoms with Gasteiger partial charge >= 0.3 is 0 Å².